The predicted molar refractivity (Wildman–Crippen MR) is 107 cm³/mol. The summed E-state index contributed by atoms with van der Waals surface area (Å²) >= 11 is 0. The zero-order chi connectivity index (χ0) is 19.5. The Kier molecular flexibility index (Phi) is 5.34. The number of anilines is 1. The molecular formula is C21H26N4O3. The second-order valence-corrected chi connectivity index (χ2v) is 7.46. The first kappa shape index (κ1) is 18.6. The zero-order valence-electron chi connectivity index (χ0n) is 16.0. The quantitative estimate of drug-likeness (QED) is 0.680. The fourth-order valence-corrected chi connectivity index (χ4v) is 3.42. The van der Waals surface area contributed by atoms with Crippen molar-refractivity contribution in [2.24, 2.45) is 0 Å². The molecule has 0 radical (unpaired) electrons. The number of aromatic nitrogens is 1. The van der Waals surface area contributed by atoms with Crippen LogP contribution in [0.2, 0.25) is 0 Å². The summed E-state index contributed by atoms with van der Waals surface area (Å²) in [4.78, 5) is 18.8. The van der Waals surface area contributed by atoms with Gasteiger partial charge in [0.05, 0.1) is 12.7 Å². The van der Waals surface area contributed by atoms with Crippen molar-refractivity contribution >= 4 is 11.7 Å². The number of carbonyl (C=O) groups excluding carboxylic acids is 1. The van der Waals surface area contributed by atoms with Gasteiger partial charge in [-0.25, -0.2) is 4.98 Å². The van der Waals surface area contributed by atoms with Gasteiger partial charge in [-0.3, -0.25) is 4.79 Å². The summed E-state index contributed by atoms with van der Waals surface area (Å²) < 4.78 is 5.22. The van der Waals surface area contributed by atoms with Crippen LogP contribution in [0, 0.1) is 0 Å². The Hall–Kier alpha value is -2.80. The number of phenolic OH excluding ortho intramolecular Hbond substituents is 1. The maximum atomic E-state index is 12.1. The molecule has 1 amide bonds. The molecule has 1 aromatic carbocycles. The molecule has 0 bridgehead atoms. The molecule has 4 rings (SSSR count). The van der Waals surface area contributed by atoms with E-state index >= 15 is 0 Å². The summed E-state index contributed by atoms with van der Waals surface area (Å²) in [6.45, 7) is 2.32. The molecule has 1 aromatic heterocycles. The normalized spacial score (nSPS) is 18.9. The third-order valence-corrected chi connectivity index (χ3v) is 5.30. The Labute approximate surface area is 164 Å². The van der Waals surface area contributed by atoms with Gasteiger partial charge in [0.25, 0.3) is 5.91 Å². The Morgan fingerprint density at radius 1 is 1.25 bits per heavy atom. The van der Waals surface area contributed by atoms with Crippen LogP contribution in [0.1, 0.15) is 35.2 Å². The molecule has 1 aliphatic heterocycles. The number of pyridine rings is 1. The maximum absolute atomic E-state index is 12.1. The van der Waals surface area contributed by atoms with E-state index in [1.165, 1.54) is 0 Å². The van der Waals surface area contributed by atoms with Crippen molar-refractivity contribution in [3.8, 4) is 11.5 Å². The number of hydrogen-bond donors (Lipinski definition) is 3. The molecule has 1 saturated carbocycles. The lowest BCUT2D eigenvalue weighted by Crippen LogP contribution is -2.32. The largest absolute Gasteiger partial charge is 0.508 e. The van der Waals surface area contributed by atoms with Crippen LogP contribution >= 0.6 is 0 Å². The van der Waals surface area contributed by atoms with Gasteiger partial charge in [0.2, 0.25) is 0 Å². The molecular weight excluding hydrogens is 356 g/mol. The molecule has 7 nitrogen and oxygen atoms in total. The van der Waals surface area contributed by atoms with Crippen LogP contribution in [0.3, 0.4) is 0 Å². The lowest BCUT2D eigenvalue weighted by Gasteiger charge is -2.18. The lowest BCUT2D eigenvalue weighted by atomic mass is 10.1. The molecule has 2 aromatic rings. The molecule has 2 aliphatic rings. The SMILES string of the molecule is COc1ccc(O)c(CNC2CCN(c3ccc(C(=O)NC4CC4)cn3)C2)c1. The highest BCUT2D eigenvalue weighted by atomic mass is 16.5. The van der Waals surface area contributed by atoms with Crippen molar-refractivity contribution < 1.29 is 14.6 Å². The Bertz CT molecular complexity index is 836. The van der Waals surface area contributed by atoms with E-state index in [2.05, 4.69) is 20.5 Å². The van der Waals surface area contributed by atoms with Gasteiger partial charge in [0.1, 0.15) is 17.3 Å². The minimum absolute atomic E-state index is 0.0411. The summed E-state index contributed by atoms with van der Waals surface area (Å²) in [6, 6.07) is 9.67. The molecule has 3 N–H and O–H groups in total. The first-order valence-corrected chi connectivity index (χ1v) is 9.73. The summed E-state index contributed by atoms with van der Waals surface area (Å²) in [5.74, 6) is 1.85. The van der Waals surface area contributed by atoms with E-state index in [0.717, 1.165) is 49.5 Å². The van der Waals surface area contributed by atoms with Crippen molar-refractivity contribution in [2.75, 3.05) is 25.1 Å². The van der Waals surface area contributed by atoms with E-state index in [1.54, 1.807) is 25.4 Å². The fourth-order valence-electron chi connectivity index (χ4n) is 3.42. The highest BCUT2D eigenvalue weighted by Crippen LogP contribution is 2.24. The standard InChI is InChI=1S/C21H26N4O3/c1-28-18-5-6-19(26)15(10-18)12-22-17-8-9-25(13-17)20-7-2-14(11-23-20)21(27)24-16-3-4-16/h2,5-7,10-11,16-17,22,26H,3-4,8-9,12-13H2,1H3,(H,24,27). The highest BCUT2D eigenvalue weighted by Gasteiger charge is 2.25. The average Bonchev–Trinajstić information content (AvgIpc) is 3.41. The zero-order valence-corrected chi connectivity index (χ0v) is 16.0. The molecule has 2 heterocycles. The van der Waals surface area contributed by atoms with Gasteiger partial charge in [-0.1, -0.05) is 0 Å². The van der Waals surface area contributed by atoms with Crippen LogP contribution in [0.25, 0.3) is 0 Å². The number of ether oxygens (including phenoxy) is 1. The number of nitrogens with zero attached hydrogens (tertiary/aromatic N) is 2. The third-order valence-electron chi connectivity index (χ3n) is 5.30. The highest BCUT2D eigenvalue weighted by molar-refractivity contribution is 5.94. The van der Waals surface area contributed by atoms with Gasteiger partial charge in [0.15, 0.2) is 0 Å². The van der Waals surface area contributed by atoms with Crippen LogP contribution in [0.5, 0.6) is 11.5 Å². The molecule has 148 valence electrons. The van der Waals surface area contributed by atoms with Crippen molar-refractivity contribution in [1.82, 2.24) is 15.6 Å². The monoisotopic (exact) mass is 382 g/mol. The summed E-state index contributed by atoms with van der Waals surface area (Å²) in [7, 11) is 1.62. The van der Waals surface area contributed by atoms with Gasteiger partial charge in [-0.15, -0.1) is 0 Å². The Morgan fingerprint density at radius 3 is 2.82 bits per heavy atom. The van der Waals surface area contributed by atoms with Crippen LogP contribution < -0.4 is 20.3 Å². The summed E-state index contributed by atoms with van der Waals surface area (Å²) in [5, 5.41) is 16.5. The van der Waals surface area contributed by atoms with Gasteiger partial charge >= 0.3 is 0 Å². The Balaban J connectivity index is 1.30. The molecule has 2 fully saturated rings. The van der Waals surface area contributed by atoms with Gasteiger partial charge < -0.3 is 25.4 Å². The smallest absolute Gasteiger partial charge is 0.253 e. The number of methoxy groups -OCH3 is 1. The molecule has 1 atom stereocenters. The second-order valence-electron chi connectivity index (χ2n) is 7.46. The fraction of sp³-hybridized carbons (Fsp3) is 0.429. The first-order chi connectivity index (χ1) is 13.6. The number of benzene rings is 1. The van der Waals surface area contributed by atoms with Crippen LogP contribution in [-0.2, 0) is 6.54 Å². The van der Waals surface area contributed by atoms with E-state index in [1.807, 2.05) is 18.2 Å². The number of nitrogens with one attached hydrogen (secondary N) is 2. The molecule has 1 aliphatic carbocycles. The number of carbonyl (C=O) groups is 1. The predicted octanol–water partition coefficient (Wildman–Crippen LogP) is 2.06. The molecule has 1 saturated heterocycles. The second kappa shape index (κ2) is 8.06. The van der Waals surface area contributed by atoms with E-state index in [-0.39, 0.29) is 11.7 Å². The van der Waals surface area contributed by atoms with Crippen LogP contribution in [0.4, 0.5) is 5.82 Å². The minimum Gasteiger partial charge on any atom is -0.508 e. The number of amides is 1. The van der Waals surface area contributed by atoms with Crippen molar-refractivity contribution in [1.29, 1.82) is 0 Å². The third kappa shape index (κ3) is 4.36. The van der Waals surface area contributed by atoms with E-state index in [9.17, 15) is 9.90 Å². The summed E-state index contributed by atoms with van der Waals surface area (Å²) in [5.41, 5.74) is 1.43. The molecule has 0 spiro atoms. The van der Waals surface area contributed by atoms with Crippen molar-refractivity contribution in [3.05, 3.63) is 47.7 Å². The lowest BCUT2D eigenvalue weighted by molar-refractivity contribution is 0.0950. The van der Waals surface area contributed by atoms with E-state index in [4.69, 9.17) is 4.74 Å². The maximum Gasteiger partial charge on any atom is 0.253 e. The summed E-state index contributed by atoms with van der Waals surface area (Å²) in [6.07, 6.45) is 4.80. The first-order valence-electron chi connectivity index (χ1n) is 9.73. The topological polar surface area (TPSA) is 86.7 Å². The van der Waals surface area contributed by atoms with Crippen molar-refractivity contribution in [2.45, 2.75) is 37.9 Å². The number of rotatable bonds is 7. The van der Waals surface area contributed by atoms with E-state index in [0.29, 0.717) is 24.2 Å². The van der Waals surface area contributed by atoms with Crippen LogP contribution in [0.15, 0.2) is 36.5 Å². The van der Waals surface area contributed by atoms with Gasteiger partial charge in [-0.2, -0.15) is 0 Å². The van der Waals surface area contributed by atoms with Gasteiger partial charge in [-0.05, 0) is 49.6 Å². The molecule has 28 heavy (non-hydrogen) atoms. The van der Waals surface area contributed by atoms with Crippen molar-refractivity contribution in [3.63, 3.8) is 0 Å². The van der Waals surface area contributed by atoms with Crippen LogP contribution in [-0.4, -0.2) is 48.3 Å². The number of phenols is 1. The van der Waals surface area contributed by atoms with Gasteiger partial charge in [0, 0.05) is 43.5 Å². The number of aromatic hydroxyl groups is 1. The average molecular weight is 382 g/mol. The van der Waals surface area contributed by atoms with E-state index < -0.39 is 0 Å². The molecule has 7 heteroatoms. The molecule has 1 unspecified atom stereocenters. The number of hydrogen-bond acceptors (Lipinski definition) is 6. The minimum atomic E-state index is -0.0411. The Morgan fingerprint density at radius 2 is 2.11 bits per heavy atom.